The van der Waals surface area contributed by atoms with Crippen LogP contribution in [0.5, 0.6) is 0 Å². The van der Waals surface area contributed by atoms with E-state index in [0.717, 1.165) is 45.2 Å². The molecule has 0 radical (unpaired) electrons. The molecule has 2 saturated heterocycles. The average molecular weight is 513 g/mol. The monoisotopic (exact) mass is 513 g/mol. The smallest absolute Gasteiger partial charge is 0.219 e. The van der Waals surface area contributed by atoms with Crippen LogP contribution in [0.4, 0.5) is 0 Å². The lowest BCUT2D eigenvalue weighted by Crippen LogP contribution is -2.53. The molecule has 0 spiro atoms. The number of piperidine rings is 1. The van der Waals surface area contributed by atoms with E-state index in [9.17, 15) is 4.79 Å². The summed E-state index contributed by atoms with van der Waals surface area (Å²) in [5.74, 6) is 1.11. The van der Waals surface area contributed by atoms with Gasteiger partial charge in [-0.05, 0) is 44.0 Å². The fourth-order valence-corrected chi connectivity index (χ4v) is 3.95. The van der Waals surface area contributed by atoms with E-state index in [2.05, 4.69) is 46.3 Å². The predicted octanol–water partition coefficient (Wildman–Crippen LogP) is 2.92. The summed E-state index contributed by atoms with van der Waals surface area (Å²) in [4.78, 5) is 23.1. The topological polar surface area (TPSA) is 51.2 Å². The van der Waals surface area contributed by atoms with Crippen LogP contribution in [0.1, 0.15) is 44.2 Å². The molecule has 0 unspecified atom stereocenters. The molecule has 0 aromatic heterocycles. The van der Waals surface area contributed by atoms with Gasteiger partial charge in [0.1, 0.15) is 0 Å². The van der Waals surface area contributed by atoms with Gasteiger partial charge in [0.15, 0.2) is 5.96 Å². The van der Waals surface area contributed by atoms with Crippen LogP contribution in [0.15, 0.2) is 29.3 Å². The molecule has 6 nitrogen and oxygen atoms in total. The first kappa shape index (κ1) is 23.9. The molecule has 1 aromatic carbocycles. The lowest BCUT2D eigenvalue weighted by molar-refractivity contribution is -0.130. The Bertz CT molecular complexity index is 650. The number of hydrogen-bond donors (Lipinski definition) is 1. The molecule has 2 fully saturated rings. The van der Waals surface area contributed by atoms with Crippen molar-refractivity contribution in [1.29, 1.82) is 0 Å². The lowest BCUT2D eigenvalue weighted by Gasteiger charge is -2.36. The molecule has 0 saturated carbocycles. The third-order valence-electron chi connectivity index (χ3n) is 5.65. The van der Waals surface area contributed by atoms with Crippen LogP contribution >= 0.6 is 24.0 Å². The van der Waals surface area contributed by atoms with Crippen molar-refractivity contribution in [1.82, 2.24) is 20.0 Å². The Morgan fingerprint density at radius 3 is 2.10 bits per heavy atom. The summed E-state index contributed by atoms with van der Waals surface area (Å²) in [6.45, 7) is 12.0. The number of carbonyl (C=O) groups is 1. The SMILES string of the molecule is CCNC(=NCc1ccc(CN2CCCCC2)cc1)N1CCN(C(C)=O)CC1.I. The second kappa shape index (κ2) is 12.4. The number of amides is 1. The average Bonchev–Trinajstić information content (AvgIpc) is 2.73. The number of halogens is 1. The highest BCUT2D eigenvalue weighted by Crippen LogP contribution is 2.14. The standard InChI is InChI=1S/C22H35N5O.HI/c1-3-23-22(27-15-13-26(14-16-27)19(2)28)24-17-20-7-9-21(10-8-20)18-25-11-5-4-6-12-25;/h7-10H,3-6,11-18H2,1-2H3,(H,23,24);1H. The quantitative estimate of drug-likeness (QED) is 0.374. The summed E-state index contributed by atoms with van der Waals surface area (Å²) in [6.07, 6.45) is 4.05. The van der Waals surface area contributed by atoms with Gasteiger partial charge in [0.2, 0.25) is 5.91 Å². The van der Waals surface area contributed by atoms with E-state index in [-0.39, 0.29) is 29.9 Å². The Labute approximate surface area is 192 Å². The van der Waals surface area contributed by atoms with E-state index in [0.29, 0.717) is 6.54 Å². The van der Waals surface area contributed by atoms with Gasteiger partial charge in [-0.2, -0.15) is 0 Å². The first-order valence-electron chi connectivity index (χ1n) is 10.7. The molecule has 1 aromatic rings. The van der Waals surface area contributed by atoms with E-state index in [4.69, 9.17) is 4.99 Å². The Morgan fingerprint density at radius 2 is 1.52 bits per heavy atom. The van der Waals surface area contributed by atoms with E-state index in [1.807, 2.05) is 4.90 Å². The van der Waals surface area contributed by atoms with Crippen LogP contribution in [0.2, 0.25) is 0 Å². The van der Waals surface area contributed by atoms with E-state index in [1.54, 1.807) is 6.92 Å². The number of aliphatic imine (C=N–C) groups is 1. The minimum absolute atomic E-state index is 0. The molecule has 1 amide bonds. The highest BCUT2D eigenvalue weighted by Gasteiger charge is 2.20. The van der Waals surface area contributed by atoms with Crippen LogP contribution < -0.4 is 5.32 Å². The van der Waals surface area contributed by atoms with Gasteiger partial charge >= 0.3 is 0 Å². The maximum absolute atomic E-state index is 11.5. The summed E-state index contributed by atoms with van der Waals surface area (Å²) in [5, 5.41) is 3.40. The van der Waals surface area contributed by atoms with Crippen molar-refractivity contribution >= 4 is 35.8 Å². The molecular formula is C22H36IN5O. The molecule has 3 rings (SSSR count). The van der Waals surface area contributed by atoms with Gasteiger partial charge in [-0.25, -0.2) is 4.99 Å². The lowest BCUT2D eigenvalue weighted by atomic mass is 10.1. The van der Waals surface area contributed by atoms with E-state index in [1.165, 1.54) is 43.5 Å². The molecule has 29 heavy (non-hydrogen) atoms. The minimum atomic E-state index is 0. The van der Waals surface area contributed by atoms with Crippen molar-refractivity contribution in [2.75, 3.05) is 45.8 Å². The van der Waals surface area contributed by atoms with E-state index < -0.39 is 0 Å². The zero-order valence-electron chi connectivity index (χ0n) is 17.9. The molecule has 2 aliphatic rings. The van der Waals surface area contributed by atoms with Gasteiger partial charge in [0.25, 0.3) is 0 Å². The third-order valence-corrected chi connectivity index (χ3v) is 5.65. The third kappa shape index (κ3) is 7.44. The number of carbonyl (C=O) groups excluding carboxylic acids is 1. The number of guanidine groups is 1. The first-order valence-corrected chi connectivity index (χ1v) is 10.7. The molecular weight excluding hydrogens is 477 g/mol. The molecule has 0 aliphatic carbocycles. The van der Waals surface area contributed by atoms with Gasteiger partial charge in [-0.15, -0.1) is 24.0 Å². The largest absolute Gasteiger partial charge is 0.357 e. The van der Waals surface area contributed by atoms with Crippen molar-refractivity contribution in [3.8, 4) is 0 Å². The number of hydrogen-bond acceptors (Lipinski definition) is 3. The Balaban J connectivity index is 0.00000300. The summed E-state index contributed by atoms with van der Waals surface area (Å²) in [5.41, 5.74) is 2.63. The zero-order chi connectivity index (χ0) is 19.8. The number of likely N-dealkylation sites (tertiary alicyclic amines) is 1. The molecule has 0 bridgehead atoms. The molecule has 2 aliphatic heterocycles. The number of nitrogens with zero attached hydrogens (tertiary/aromatic N) is 4. The molecule has 2 heterocycles. The fourth-order valence-electron chi connectivity index (χ4n) is 3.95. The van der Waals surface area contributed by atoms with Gasteiger partial charge in [0, 0.05) is 46.2 Å². The maximum atomic E-state index is 11.5. The van der Waals surface area contributed by atoms with Crippen LogP contribution in [0.3, 0.4) is 0 Å². The van der Waals surface area contributed by atoms with Gasteiger partial charge in [-0.1, -0.05) is 30.7 Å². The van der Waals surface area contributed by atoms with Crippen LogP contribution in [-0.4, -0.2) is 72.4 Å². The van der Waals surface area contributed by atoms with Crippen molar-refractivity contribution in [2.45, 2.75) is 46.2 Å². The minimum Gasteiger partial charge on any atom is -0.357 e. The van der Waals surface area contributed by atoms with Crippen molar-refractivity contribution in [2.24, 2.45) is 4.99 Å². The second-order valence-electron chi connectivity index (χ2n) is 7.82. The summed E-state index contributed by atoms with van der Waals surface area (Å²) >= 11 is 0. The molecule has 0 atom stereocenters. The molecule has 162 valence electrons. The number of benzene rings is 1. The van der Waals surface area contributed by atoms with Gasteiger partial charge < -0.3 is 15.1 Å². The van der Waals surface area contributed by atoms with Crippen molar-refractivity contribution in [3.63, 3.8) is 0 Å². The highest BCUT2D eigenvalue weighted by atomic mass is 127. The normalized spacial score (nSPS) is 18.3. The molecule has 1 N–H and O–H groups in total. The van der Waals surface area contributed by atoms with Crippen LogP contribution in [-0.2, 0) is 17.9 Å². The Morgan fingerprint density at radius 1 is 0.931 bits per heavy atom. The first-order chi connectivity index (χ1) is 13.7. The number of nitrogens with one attached hydrogen (secondary N) is 1. The summed E-state index contributed by atoms with van der Waals surface area (Å²) in [6, 6.07) is 8.91. The Hall–Kier alpha value is -1.35. The number of piperazine rings is 1. The Kier molecular flexibility index (Phi) is 10.2. The van der Waals surface area contributed by atoms with E-state index >= 15 is 0 Å². The fraction of sp³-hybridized carbons (Fsp3) is 0.636. The summed E-state index contributed by atoms with van der Waals surface area (Å²) < 4.78 is 0. The van der Waals surface area contributed by atoms with Crippen LogP contribution in [0.25, 0.3) is 0 Å². The summed E-state index contributed by atoms with van der Waals surface area (Å²) in [7, 11) is 0. The van der Waals surface area contributed by atoms with Crippen molar-refractivity contribution < 1.29 is 4.79 Å². The van der Waals surface area contributed by atoms with Gasteiger partial charge in [0.05, 0.1) is 6.54 Å². The predicted molar refractivity (Wildman–Crippen MR) is 130 cm³/mol. The van der Waals surface area contributed by atoms with Gasteiger partial charge in [-0.3, -0.25) is 9.69 Å². The molecule has 7 heteroatoms. The second-order valence-corrected chi connectivity index (χ2v) is 7.82. The number of rotatable bonds is 5. The maximum Gasteiger partial charge on any atom is 0.219 e. The highest BCUT2D eigenvalue weighted by molar-refractivity contribution is 14.0. The zero-order valence-corrected chi connectivity index (χ0v) is 20.2. The van der Waals surface area contributed by atoms with Crippen molar-refractivity contribution in [3.05, 3.63) is 35.4 Å². The van der Waals surface area contributed by atoms with Crippen LogP contribution in [0, 0.1) is 0 Å².